The highest BCUT2D eigenvalue weighted by Gasteiger charge is 2.12. The van der Waals surface area contributed by atoms with Gasteiger partial charge in [-0.25, -0.2) is 4.79 Å². The Morgan fingerprint density at radius 2 is 1.60 bits per heavy atom. The van der Waals surface area contributed by atoms with Gasteiger partial charge in [-0.3, -0.25) is 4.79 Å². The predicted octanol–water partition coefficient (Wildman–Crippen LogP) is 2.59. The zero-order chi connectivity index (χ0) is 14.5. The molecule has 0 bridgehead atoms. The molecule has 0 saturated carbocycles. The summed E-state index contributed by atoms with van der Waals surface area (Å²) < 4.78 is 0. The molecule has 0 spiro atoms. The molecule has 4 heteroatoms. The molecule has 0 unspecified atom stereocenters. The first-order valence-electron chi connectivity index (χ1n) is 6.22. The van der Waals surface area contributed by atoms with Crippen molar-refractivity contribution < 1.29 is 14.7 Å². The number of nitrogens with zero attached hydrogens (tertiary/aromatic N) is 1. The third-order valence-electron chi connectivity index (χ3n) is 3.07. The minimum atomic E-state index is -0.977. The molecule has 0 fully saturated rings. The molecule has 2 rings (SSSR count). The molecular weight excluding hydrogens is 254 g/mol. The number of carboxylic acids is 1. The van der Waals surface area contributed by atoms with Crippen molar-refractivity contribution in [2.45, 2.75) is 6.42 Å². The van der Waals surface area contributed by atoms with Crippen LogP contribution in [-0.2, 0) is 11.2 Å². The molecule has 102 valence electrons. The Hall–Kier alpha value is -2.62. The quantitative estimate of drug-likeness (QED) is 0.928. The van der Waals surface area contributed by atoms with Gasteiger partial charge >= 0.3 is 5.97 Å². The normalized spacial score (nSPS) is 10.1. The Kier molecular flexibility index (Phi) is 4.15. The van der Waals surface area contributed by atoms with E-state index < -0.39 is 5.97 Å². The molecule has 0 aliphatic carbocycles. The summed E-state index contributed by atoms with van der Waals surface area (Å²) in [6, 6.07) is 15.7. The highest BCUT2D eigenvalue weighted by atomic mass is 16.4. The lowest BCUT2D eigenvalue weighted by Gasteiger charge is -2.17. The third-order valence-corrected chi connectivity index (χ3v) is 3.07. The zero-order valence-electron chi connectivity index (χ0n) is 11.1. The maximum Gasteiger partial charge on any atom is 0.335 e. The molecular formula is C16H15NO3. The molecule has 0 atom stereocenters. The van der Waals surface area contributed by atoms with Crippen molar-refractivity contribution >= 4 is 17.6 Å². The first-order valence-corrected chi connectivity index (χ1v) is 6.22. The van der Waals surface area contributed by atoms with Gasteiger partial charge in [0.2, 0.25) is 5.91 Å². The lowest BCUT2D eigenvalue weighted by molar-refractivity contribution is -0.117. The van der Waals surface area contributed by atoms with E-state index in [0.29, 0.717) is 12.1 Å². The number of amides is 1. The molecule has 0 aliphatic rings. The number of hydrogen-bond donors (Lipinski definition) is 1. The first kappa shape index (κ1) is 13.8. The van der Waals surface area contributed by atoms with Gasteiger partial charge in [0.25, 0.3) is 0 Å². The van der Waals surface area contributed by atoms with Crippen molar-refractivity contribution in [2.75, 3.05) is 11.9 Å². The van der Waals surface area contributed by atoms with Crippen LogP contribution in [0.5, 0.6) is 0 Å². The van der Waals surface area contributed by atoms with E-state index in [1.165, 1.54) is 17.0 Å². The van der Waals surface area contributed by atoms with Crippen molar-refractivity contribution in [1.29, 1.82) is 0 Å². The van der Waals surface area contributed by atoms with E-state index in [9.17, 15) is 9.59 Å². The summed E-state index contributed by atoms with van der Waals surface area (Å²) in [5.41, 5.74) is 1.83. The standard InChI is InChI=1S/C16H15NO3/c1-17(14-9-7-13(8-10-14)16(19)20)15(18)11-12-5-3-2-4-6-12/h2-10H,11H2,1H3,(H,19,20). The Morgan fingerprint density at radius 1 is 1.00 bits per heavy atom. The molecule has 2 aromatic rings. The van der Waals surface area contributed by atoms with Gasteiger partial charge in [0.15, 0.2) is 0 Å². The van der Waals surface area contributed by atoms with Gasteiger partial charge in [0, 0.05) is 12.7 Å². The van der Waals surface area contributed by atoms with E-state index in [-0.39, 0.29) is 11.5 Å². The van der Waals surface area contributed by atoms with Crippen LogP contribution < -0.4 is 4.90 Å². The second-order valence-electron chi connectivity index (χ2n) is 4.47. The predicted molar refractivity (Wildman–Crippen MR) is 77.0 cm³/mol. The second kappa shape index (κ2) is 6.02. The van der Waals surface area contributed by atoms with Crippen LogP contribution in [0.3, 0.4) is 0 Å². The number of hydrogen-bond acceptors (Lipinski definition) is 2. The molecule has 0 saturated heterocycles. The lowest BCUT2D eigenvalue weighted by atomic mass is 10.1. The summed E-state index contributed by atoms with van der Waals surface area (Å²) in [4.78, 5) is 24.4. The Morgan fingerprint density at radius 3 is 2.15 bits per heavy atom. The van der Waals surface area contributed by atoms with Crippen molar-refractivity contribution in [3.8, 4) is 0 Å². The first-order chi connectivity index (χ1) is 9.58. The highest BCUT2D eigenvalue weighted by molar-refractivity contribution is 5.95. The molecule has 0 radical (unpaired) electrons. The van der Waals surface area contributed by atoms with Crippen molar-refractivity contribution in [2.24, 2.45) is 0 Å². The van der Waals surface area contributed by atoms with E-state index in [1.54, 1.807) is 19.2 Å². The van der Waals surface area contributed by atoms with Crippen molar-refractivity contribution in [3.63, 3.8) is 0 Å². The summed E-state index contributed by atoms with van der Waals surface area (Å²) in [6.45, 7) is 0. The summed E-state index contributed by atoms with van der Waals surface area (Å²) in [6.07, 6.45) is 0.317. The lowest BCUT2D eigenvalue weighted by Crippen LogP contribution is -2.27. The van der Waals surface area contributed by atoms with E-state index in [0.717, 1.165) is 5.56 Å². The van der Waals surface area contributed by atoms with Gasteiger partial charge < -0.3 is 10.0 Å². The van der Waals surface area contributed by atoms with Gasteiger partial charge in [-0.2, -0.15) is 0 Å². The maximum atomic E-state index is 12.1. The summed E-state index contributed by atoms with van der Waals surface area (Å²) in [5, 5.41) is 8.84. The van der Waals surface area contributed by atoms with Gasteiger partial charge in [-0.1, -0.05) is 30.3 Å². The van der Waals surface area contributed by atoms with Crippen LogP contribution in [-0.4, -0.2) is 24.0 Å². The summed E-state index contributed by atoms with van der Waals surface area (Å²) >= 11 is 0. The topological polar surface area (TPSA) is 57.6 Å². The number of rotatable bonds is 4. The highest BCUT2D eigenvalue weighted by Crippen LogP contribution is 2.15. The maximum absolute atomic E-state index is 12.1. The number of likely N-dealkylation sites (N-methyl/N-ethyl adjacent to an activating group) is 1. The number of carbonyl (C=O) groups is 2. The van der Waals surface area contributed by atoms with Gasteiger partial charge in [0.05, 0.1) is 12.0 Å². The largest absolute Gasteiger partial charge is 0.478 e. The monoisotopic (exact) mass is 269 g/mol. The van der Waals surface area contributed by atoms with Crippen LogP contribution >= 0.6 is 0 Å². The Balaban J connectivity index is 2.08. The van der Waals surface area contributed by atoms with Crippen LogP contribution in [0.2, 0.25) is 0 Å². The van der Waals surface area contributed by atoms with E-state index in [4.69, 9.17) is 5.11 Å². The molecule has 0 aromatic heterocycles. The SMILES string of the molecule is CN(C(=O)Cc1ccccc1)c1ccc(C(=O)O)cc1. The van der Waals surface area contributed by atoms with E-state index in [2.05, 4.69) is 0 Å². The minimum absolute atomic E-state index is 0.0423. The summed E-state index contributed by atoms with van der Waals surface area (Å²) in [7, 11) is 1.68. The number of anilines is 1. The van der Waals surface area contributed by atoms with Crippen molar-refractivity contribution in [1.82, 2.24) is 0 Å². The van der Waals surface area contributed by atoms with Crippen LogP contribution in [0.1, 0.15) is 15.9 Å². The Labute approximate surface area is 117 Å². The van der Waals surface area contributed by atoms with E-state index in [1.807, 2.05) is 30.3 Å². The number of carbonyl (C=O) groups excluding carboxylic acids is 1. The van der Waals surface area contributed by atoms with Crippen LogP contribution in [0.15, 0.2) is 54.6 Å². The smallest absolute Gasteiger partial charge is 0.335 e. The second-order valence-corrected chi connectivity index (χ2v) is 4.47. The molecule has 2 aromatic carbocycles. The fourth-order valence-corrected chi connectivity index (χ4v) is 1.86. The molecule has 0 heterocycles. The number of benzene rings is 2. The van der Waals surface area contributed by atoms with Crippen LogP contribution in [0, 0.1) is 0 Å². The average Bonchev–Trinajstić information content (AvgIpc) is 2.47. The van der Waals surface area contributed by atoms with Crippen LogP contribution in [0.4, 0.5) is 5.69 Å². The van der Waals surface area contributed by atoms with Crippen molar-refractivity contribution in [3.05, 3.63) is 65.7 Å². The minimum Gasteiger partial charge on any atom is -0.478 e. The third kappa shape index (κ3) is 3.23. The van der Waals surface area contributed by atoms with E-state index >= 15 is 0 Å². The van der Waals surface area contributed by atoms with Crippen LogP contribution in [0.25, 0.3) is 0 Å². The number of carboxylic acid groups (broad SMARTS) is 1. The molecule has 4 nitrogen and oxygen atoms in total. The number of aromatic carboxylic acids is 1. The molecule has 1 amide bonds. The molecule has 0 aliphatic heterocycles. The average molecular weight is 269 g/mol. The fraction of sp³-hybridized carbons (Fsp3) is 0.125. The molecule has 1 N–H and O–H groups in total. The zero-order valence-corrected chi connectivity index (χ0v) is 11.1. The Bertz CT molecular complexity index is 605. The van der Waals surface area contributed by atoms with Gasteiger partial charge in [-0.15, -0.1) is 0 Å². The van der Waals surface area contributed by atoms with Gasteiger partial charge in [0.1, 0.15) is 0 Å². The summed E-state index contributed by atoms with van der Waals surface area (Å²) in [5.74, 6) is -1.02. The van der Waals surface area contributed by atoms with Gasteiger partial charge in [-0.05, 0) is 29.8 Å². The molecule has 20 heavy (non-hydrogen) atoms. The fourth-order valence-electron chi connectivity index (χ4n) is 1.86.